The van der Waals surface area contributed by atoms with E-state index in [2.05, 4.69) is 11.8 Å². The first-order valence-electron chi connectivity index (χ1n) is 7.18. The van der Waals surface area contributed by atoms with Gasteiger partial charge in [0.25, 0.3) is 0 Å². The SMILES string of the molecule is CCCN1CCN(C(=O)N2C(C)SCC2C(=O)O)CC1. The predicted molar refractivity (Wildman–Crippen MR) is 78.9 cm³/mol. The third-order valence-electron chi connectivity index (χ3n) is 3.91. The van der Waals surface area contributed by atoms with E-state index in [0.29, 0.717) is 18.8 Å². The molecule has 1 N–H and O–H groups in total. The van der Waals surface area contributed by atoms with E-state index in [1.807, 2.05) is 6.92 Å². The lowest BCUT2D eigenvalue weighted by Crippen LogP contribution is -2.56. The molecule has 114 valence electrons. The third-order valence-corrected chi connectivity index (χ3v) is 5.13. The van der Waals surface area contributed by atoms with E-state index in [4.69, 9.17) is 0 Å². The molecule has 20 heavy (non-hydrogen) atoms. The van der Waals surface area contributed by atoms with E-state index in [-0.39, 0.29) is 11.4 Å². The van der Waals surface area contributed by atoms with Gasteiger partial charge in [0.15, 0.2) is 0 Å². The Morgan fingerprint density at radius 2 is 1.90 bits per heavy atom. The van der Waals surface area contributed by atoms with Gasteiger partial charge >= 0.3 is 12.0 Å². The Bertz CT molecular complexity index is 372. The van der Waals surface area contributed by atoms with Gasteiger partial charge in [-0.15, -0.1) is 11.8 Å². The van der Waals surface area contributed by atoms with Crippen LogP contribution in [0, 0.1) is 0 Å². The van der Waals surface area contributed by atoms with Crippen molar-refractivity contribution in [2.45, 2.75) is 31.7 Å². The number of carboxylic acids is 1. The Balaban J connectivity index is 1.95. The quantitative estimate of drug-likeness (QED) is 0.842. The highest BCUT2D eigenvalue weighted by atomic mass is 32.2. The average Bonchev–Trinajstić information content (AvgIpc) is 2.81. The number of urea groups is 1. The fourth-order valence-corrected chi connectivity index (χ4v) is 3.93. The van der Waals surface area contributed by atoms with Gasteiger partial charge in [0, 0.05) is 31.9 Å². The first-order valence-corrected chi connectivity index (χ1v) is 8.23. The molecule has 2 amide bonds. The van der Waals surface area contributed by atoms with Crippen molar-refractivity contribution in [3.63, 3.8) is 0 Å². The van der Waals surface area contributed by atoms with Crippen LogP contribution in [0.15, 0.2) is 0 Å². The zero-order valence-corrected chi connectivity index (χ0v) is 12.9. The lowest BCUT2D eigenvalue weighted by molar-refractivity contribution is -0.141. The lowest BCUT2D eigenvalue weighted by Gasteiger charge is -2.38. The molecule has 6 nitrogen and oxygen atoms in total. The molecule has 2 heterocycles. The van der Waals surface area contributed by atoms with E-state index in [9.17, 15) is 14.7 Å². The van der Waals surface area contributed by atoms with Gasteiger partial charge in [-0.05, 0) is 19.9 Å². The fraction of sp³-hybridized carbons (Fsp3) is 0.846. The number of hydrogen-bond donors (Lipinski definition) is 1. The van der Waals surface area contributed by atoms with Crippen LogP contribution in [0.3, 0.4) is 0 Å². The first-order chi connectivity index (χ1) is 9.54. The maximum absolute atomic E-state index is 12.5. The maximum atomic E-state index is 12.5. The molecule has 2 atom stereocenters. The van der Waals surface area contributed by atoms with Gasteiger partial charge in [-0.25, -0.2) is 9.59 Å². The number of carbonyl (C=O) groups is 2. The Kier molecular flexibility index (Phi) is 5.15. The molecule has 0 aromatic carbocycles. The second-order valence-corrected chi connectivity index (χ2v) is 6.65. The fourth-order valence-electron chi connectivity index (χ4n) is 2.77. The van der Waals surface area contributed by atoms with Crippen molar-refractivity contribution in [1.29, 1.82) is 0 Å². The van der Waals surface area contributed by atoms with Gasteiger partial charge in [-0.1, -0.05) is 6.92 Å². The summed E-state index contributed by atoms with van der Waals surface area (Å²) in [5, 5.41) is 9.17. The van der Waals surface area contributed by atoms with Crippen molar-refractivity contribution in [2.24, 2.45) is 0 Å². The molecule has 0 saturated carbocycles. The van der Waals surface area contributed by atoms with Crippen LogP contribution in [-0.4, -0.2) is 81.7 Å². The van der Waals surface area contributed by atoms with Crippen molar-refractivity contribution >= 4 is 23.8 Å². The molecule has 2 rings (SSSR count). The average molecular weight is 301 g/mol. The molecule has 0 aliphatic carbocycles. The Morgan fingerprint density at radius 3 is 2.45 bits per heavy atom. The van der Waals surface area contributed by atoms with Crippen LogP contribution in [0.4, 0.5) is 4.79 Å². The van der Waals surface area contributed by atoms with Crippen LogP contribution in [0.25, 0.3) is 0 Å². The standard InChI is InChI=1S/C13H23N3O3S/c1-3-4-14-5-7-15(8-6-14)13(19)16-10(2)20-9-11(16)12(17)18/h10-11H,3-9H2,1-2H3,(H,17,18). The zero-order valence-electron chi connectivity index (χ0n) is 12.1. The summed E-state index contributed by atoms with van der Waals surface area (Å²) < 4.78 is 0. The molecule has 7 heteroatoms. The van der Waals surface area contributed by atoms with Crippen molar-refractivity contribution < 1.29 is 14.7 Å². The number of thioether (sulfide) groups is 1. The van der Waals surface area contributed by atoms with E-state index in [1.165, 1.54) is 16.7 Å². The lowest BCUT2D eigenvalue weighted by atomic mass is 10.2. The molecule has 2 aliphatic heterocycles. The molecular formula is C13H23N3O3S. The second-order valence-electron chi connectivity index (χ2n) is 5.31. The summed E-state index contributed by atoms with van der Waals surface area (Å²) in [6.07, 6.45) is 1.12. The maximum Gasteiger partial charge on any atom is 0.327 e. The summed E-state index contributed by atoms with van der Waals surface area (Å²) in [6.45, 7) is 8.27. The van der Waals surface area contributed by atoms with Gasteiger partial charge < -0.3 is 10.0 Å². The summed E-state index contributed by atoms with van der Waals surface area (Å²) >= 11 is 1.53. The topological polar surface area (TPSA) is 64.1 Å². The summed E-state index contributed by atoms with van der Waals surface area (Å²) in [5.41, 5.74) is 0. The van der Waals surface area contributed by atoms with Crippen molar-refractivity contribution in [1.82, 2.24) is 14.7 Å². The molecule has 2 fully saturated rings. The third kappa shape index (κ3) is 3.20. The van der Waals surface area contributed by atoms with Crippen LogP contribution in [0.2, 0.25) is 0 Å². The molecule has 0 spiro atoms. The largest absolute Gasteiger partial charge is 0.480 e. The van der Waals surface area contributed by atoms with Crippen molar-refractivity contribution in [3.05, 3.63) is 0 Å². The number of aliphatic carboxylic acids is 1. The van der Waals surface area contributed by atoms with Crippen molar-refractivity contribution in [2.75, 3.05) is 38.5 Å². The normalized spacial score (nSPS) is 27.9. The van der Waals surface area contributed by atoms with Gasteiger partial charge in [0.1, 0.15) is 6.04 Å². The minimum Gasteiger partial charge on any atom is -0.480 e. The zero-order chi connectivity index (χ0) is 14.7. The summed E-state index contributed by atoms with van der Waals surface area (Å²) in [4.78, 5) is 29.5. The van der Waals surface area contributed by atoms with Gasteiger partial charge in [0.2, 0.25) is 0 Å². The van der Waals surface area contributed by atoms with Crippen LogP contribution in [-0.2, 0) is 4.79 Å². The molecule has 2 saturated heterocycles. The molecule has 0 aromatic rings. The van der Waals surface area contributed by atoms with Crippen molar-refractivity contribution in [3.8, 4) is 0 Å². The van der Waals surface area contributed by atoms with Crippen LogP contribution in [0.1, 0.15) is 20.3 Å². The van der Waals surface area contributed by atoms with Gasteiger partial charge in [-0.3, -0.25) is 9.80 Å². The predicted octanol–water partition coefficient (Wildman–Crippen LogP) is 0.982. The van der Waals surface area contributed by atoms with Crippen LogP contribution < -0.4 is 0 Å². The summed E-state index contributed by atoms with van der Waals surface area (Å²) in [6, 6.07) is -0.804. The highest BCUT2D eigenvalue weighted by Crippen LogP contribution is 2.30. The highest BCUT2D eigenvalue weighted by Gasteiger charge is 2.41. The number of amides is 2. The minimum absolute atomic E-state index is 0.0581. The van der Waals surface area contributed by atoms with E-state index in [0.717, 1.165) is 26.1 Å². The highest BCUT2D eigenvalue weighted by molar-refractivity contribution is 8.00. The van der Waals surface area contributed by atoms with Crippen LogP contribution in [0.5, 0.6) is 0 Å². The van der Waals surface area contributed by atoms with E-state index < -0.39 is 12.0 Å². The monoisotopic (exact) mass is 301 g/mol. The number of rotatable bonds is 3. The van der Waals surface area contributed by atoms with Crippen LogP contribution >= 0.6 is 11.8 Å². The molecule has 0 bridgehead atoms. The number of nitrogens with zero attached hydrogens (tertiary/aromatic N) is 3. The number of hydrogen-bond acceptors (Lipinski definition) is 4. The smallest absolute Gasteiger partial charge is 0.327 e. The van der Waals surface area contributed by atoms with Gasteiger partial charge in [-0.2, -0.15) is 0 Å². The van der Waals surface area contributed by atoms with E-state index in [1.54, 1.807) is 4.90 Å². The Labute approximate surface area is 124 Å². The first kappa shape index (κ1) is 15.4. The number of carboxylic acid groups (broad SMARTS) is 1. The molecule has 0 radical (unpaired) electrons. The number of piperazine rings is 1. The summed E-state index contributed by atoms with van der Waals surface area (Å²) in [5.74, 6) is -0.419. The molecule has 2 unspecified atom stereocenters. The molecular weight excluding hydrogens is 278 g/mol. The second kappa shape index (κ2) is 6.67. The number of carbonyl (C=O) groups excluding carboxylic acids is 1. The van der Waals surface area contributed by atoms with Gasteiger partial charge in [0.05, 0.1) is 5.37 Å². The minimum atomic E-state index is -0.903. The molecule has 0 aromatic heterocycles. The Hall–Kier alpha value is -0.950. The van der Waals surface area contributed by atoms with E-state index >= 15 is 0 Å². The Morgan fingerprint density at radius 1 is 1.25 bits per heavy atom. The summed E-state index contributed by atoms with van der Waals surface area (Å²) in [7, 11) is 0. The molecule has 2 aliphatic rings.